The van der Waals surface area contributed by atoms with E-state index in [0.29, 0.717) is 6.04 Å². The Bertz CT molecular complexity index is 475. The van der Waals surface area contributed by atoms with Crippen molar-refractivity contribution in [3.8, 4) is 0 Å². The van der Waals surface area contributed by atoms with Crippen LogP contribution < -0.4 is 10.6 Å². The summed E-state index contributed by atoms with van der Waals surface area (Å²) in [5.41, 5.74) is 2.27. The molecular weight excluding hydrogens is 262 g/mol. The topological polar surface area (TPSA) is 44.4 Å². The number of carbonyl (C=O) groups excluding carboxylic acids is 1. The van der Waals surface area contributed by atoms with Crippen LogP contribution in [0.1, 0.15) is 37.8 Å². The number of carbonyl (C=O) groups is 1. The Morgan fingerprint density at radius 1 is 1.29 bits per heavy atom. The van der Waals surface area contributed by atoms with Crippen LogP contribution in [-0.2, 0) is 4.79 Å². The van der Waals surface area contributed by atoms with E-state index in [1.54, 1.807) is 6.92 Å². The lowest BCUT2D eigenvalue weighted by Crippen LogP contribution is -2.45. The van der Waals surface area contributed by atoms with E-state index < -0.39 is 0 Å². The summed E-state index contributed by atoms with van der Waals surface area (Å²) in [4.78, 5) is 13.7. The molecule has 1 amide bonds. The minimum Gasteiger partial charge on any atom is -0.326 e. The fraction of sp³-hybridized carbons (Fsp3) is 0.588. The van der Waals surface area contributed by atoms with Gasteiger partial charge in [-0.1, -0.05) is 25.0 Å². The molecule has 0 radical (unpaired) electrons. The molecule has 0 bridgehead atoms. The van der Waals surface area contributed by atoms with Gasteiger partial charge in [0.2, 0.25) is 5.91 Å². The van der Waals surface area contributed by atoms with Crippen LogP contribution in [0.15, 0.2) is 24.3 Å². The van der Waals surface area contributed by atoms with Crippen LogP contribution in [-0.4, -0.2) is 37.0 Å². The van der Waals surface area contributed by atoms with E-state index >= 15 is 0 Å². The first kappa shape index (κ1) is 14.5. The van der Waals surface area contributed by atoms with E-state index in [1.165, 1.54) is 24.8 Å². The van der Waals surface area contributed by atoms with Crippen LogP contribution in [0, 0.1) is 5.92 Å². The third-order valence-corrected chi connectivity index (χ3v) is 4.46. The number of rotatable bonds is 5. The van der Waals surface area contributed by atoms with E-state index in [4.69, 9.17) is 0 Å². The summed E-state index contributed by atoms with van der Waals surface area (Å²) in [6.07, 6.45) is 4.07. The van der Waals surface area contributed by atoms with Gasteiger partial charge in [0.25, 0.3) is 0 Å². The van der Waals surface area contributed by atoms with Crippen molar-refractivity contribution in [2.45, 2.75) is 32.2 Å². The number of anilines is 1. The predicted molar refractivity (Wildman–Crippen MR) is 85.3 cm³/mol. The summed E-state index contributed by atoms with van der Waals surface area (Å²) in [6, 6.07) is 8.95. The van der Waals surface area contributed by atoms with Gasteiger partial charge in [-0.2, -0.15) is 0 Å². The molecule has 1 saturated carbocycles. The van der Waals surface area contributed by atoms with Crippen LogP contribution >= 0.6 is 0 Å². The van der Waals surface area contributed by atoms with Crippen LogP contribution in [0.2, 0.25) is 0 Å². The third-order valence-electron chi connectivity index (χ3n) is 4.46. The molecule has 4 heteroatoms. The van der Waals surface area contributed by atoms with Crippen molar-refractivity contribution in [1.29, 1.82) is 0 Å². The molecule has 1 aromatic rings. The maximum atomic E-state index is 11.1. The lowest BCUT2D eigenvalue weighted by atomic mass is 9.98. The molecule has 1 aliphatic carbocycles. The van der Waals surface area contributed by atoms with Gasteiger partial charge in [-0.05, 0) is 30.0 Å². The average molecular weight is 287 g/mol. The number of nitrogens with zero attached hydrogens (tertiary/aromatic N) is 1. The molecule has 1 aromatic carbocycles. The van der Waals surface area contributed by atoms with E-state index in [2.05, 4.69) is 27.7 Å². The lowest BCUT2D eigenvalue weighted by molar-refractivity contribution is -0.114. The van der Waals surface area contributed by atoms with Gasteiger partial charge in [-0.15, -0.1) is 0 Å². The van der Waals surface area contributed by atoms with Gasteiger partial charge in [0, 0.05) is 44.8 Å². The molecule has 0 spiro atoms. The SMILES string of the molecule is CC(=O)Nc1ccc([C@H](CC2CC2)N2CCNCC2)cc1. The van der Waals surface area contributed by atoms with E-state index in [0.717, 1.165) is 37.8 Å². The standard InChI is InChI=1S/C17H25N3O/c1-13(21)19-16-6-4-15(5-7-16)17(12-14-2-3-14)20-10-8-18-9-11-20/h4-7,14,17-18H,2-3,8-12H2,1H3,(H,19,21)/t17-/m0/s1. The molecule has 4 nitrogen and oxygen atoms in total. The number of nitrogens with one attached hydrogen (secondary N) is 2. The monoisotopic (exact) mass is 287 g/mol. The van der Waals surface area contributed by atoms with Crippen LogP contribution in [0.3, 0.4) is 0 Å². The van der Waals surface area contributed by atoms with Crippen LogP contribution in [0.4, 0.5) is 5.69 Å². The fourth-order valence-electron chi connectivity index (χ4n) is 3.15. The molecule has 0 unspecified atom stereocenters. The maximum absolute atomic E-state index is 11.1. The Morgan fingerprint density at radius 2 is 1.95 bits per heavy atom. The molecule has 114 valence electrons. The van der Waals surface area contributed by atoms with Crippen molar-refractivity contribution >= 4 is 11.6 Å². The summed E-state index contributed by atoms with van der Waals surface area (Å²) < 4.78 is 0. The second-order valence-corrected chi connectivity index (χ2v) is 6.28. The molecule has 21 heavy (non-hydrogen) atoms. The Hall–Kier alpha value is -1.39. The zero-order valence-electron chi connectivity index (χ0n) is 12.8. The summed E-state index contributed by atoms with van der Waals surface area (Å²) in [5, 5.41) is 6.27. The quantitative estimate of drug-likeness (QED) is 0.874. The Balaban J connectivity index is 1.73. The zero-order chi connectivity index (χ0) is 14.7. The second kappa shape index (κ2) is 6.58. The summed E-state index contributed by atoms with van der Waals surface area (Å²) in [5.74, 6) is 0.902. The molecule has 1 saturated heterocycles. The molecule has 1 atom stereocenters. The van der Waals surface area contributed by atoms with Crippen LogP contribution in [0.25, 0.3) is 0 Å². The fourth-order valence-corrected chi connectivity index (χ4v) is 3.15. The highest BCUT2D eigenvalue weighted by Crippen LogP contribution is 2.40. The molecule has 2 fully saturated rings. The number of amides is 1. The highest BCUT2D eigenvalue weighted by atomic mass is 16.1. The first-order valence-corrected chi connectivity index (χ1v) is 8.04. The normalized spacial score (nSPS) is 21.0. The zero-order valence-corrected chi connectivity index (χ0v) is 12.8. The van der Waals surface area contributed by atoms with Gasteiger partial charge in [-0.25, -0.2) is 0 Å². The second-order valence-electron chi connectivity index (χ2n) is 6.28. The average Bonchev–Trinajstić information content (AvgIpc) is 3.30. The predicted octanol–water partition coefficient (Wildman–Crippen LogP) is 2.39. The number of benzene rings is 1. The van der Waals surface area contributed by atoms with E-state index in [9.17, 15) is 4.79 Å². The molecule has 2 aliphatic rings. The van der Waals surface area contributed by atoms with Gasteiger partial charge >= 0.3 is 0 Å². The van der Waals surface area contributed by atoms with Crippen molar-refractivity contribution in [3.05, 3.63) is 29.8 Å². The molecular formula is C17H25N3O. The third kappa shape index (κ3) is 4.05. The van der Waals surface area contributed by atoms with Gasteiger partial charge in [-0.3, -0.25) is 9.69 Å². The maximum Gasteiger partial charge on any atom is 0.221 e. The van der Waals surface area contributed by atoms with Gasteiger partial charge in [0.05, 0.1) is 0 Å². The van der Waals surface area contributed by atoms with Crippen molar-refractivity contribution in [2.24, 2.45) is 5.92 Å². The van der Waals surface area contributed by atoms with Gasteiger partial charge in [0.1, 0.15) is 0 Å². The largest absolute Gasteiger partial charge is 0.326 e. The minimum absolute atomic E-state index is 0.0145. The number of piperazine rings is 1. The highest BCUT2D eigenvalue weighted by molar-refractivity contribution is 5.88. The Labute approximate surface area is 126 Å². The molecule has 1 heterocycles. The van der Waals surface area contributed by atoms with Crippen molar-refractivity contribution in [3.63, 3.8) is 0 Å². The summed E-state index contributed by atoms with van der Waals surface area (Å²) in [6.45, 7) is 5.98. The van der Waals surface area contributed by atoms with Gasteiger partial charge in [0.15, 0.2) is 0 Å². The minimum atomic E-state index is -0.0145. The summed E-state index contributed by atoms with van der Waals surface area (Å²) in [7, 11) is 0. The van der Waals surface area contributed by atoms with Crippen molar-refractivity contribution in [2.75, 3.05) is 31.5 Å². The molecule has 2 N–H and O–H groups in total. The summed E-state index contributed by atoms with van der Waals surface area (Å²) >= 11 is 0. The molecule has 3 rings (SSSR count). The van der Waals surface area contributed by atoms with Crippen molar-refractivity contribution < 1.29 is 4.79 Å². The van der Waals surface area contributed by atoms with Crippen LogP contribution in [0.5, 0.6) is 0 Å². The molecule has 0 aromatic heterocycles. The molecule has 1 aliphatic heterocycles. The number of hydrogen-bond acceptors (Lipinski definition) is 3. The first-order chi connectivity index (χ1) is 10.2. The Morgan fingerprint density at radius 3 is 2.52 bits per heavy atom. The van der Waals surface area contributed by atoms with Crippen molar-refractivity contribution in [1.82, 2.24) is 10.2 Å². The Kier molecular flexibility index (Phi) is 4.56. The van der Waals surface area contributed by atoms with E-state index in [1.807, 2.05) is 12.1 Å². The first-order valence-electron chi connectivity index (χ1n) is 8.04. The van der Waals surface area contributed by atoms with Gasteiger partial charge < -0.3 is 10.6 Å². The van der Waals surface area contributed by atoms with E-state index in [-0.39, 0.29) is 5.91 Å². The highest BCUT2D eigenvalue weighted by Gasteiger charge is 2.30. The lowest BCUT2D eigenvalue weighted by Gasteiger charge is -2.35. The smallest absolute Gasteiger partial charge is 0.221 e. The number of hydrogen-bond donors (Lipinski definition) is 2.